The number of morpholine rings is 1. The number of rotatable bonds is 6. The van der Waals surface area contributed by atoms with Crippen molar-refractivity contribution in [2.45, 2.75) is 20.0 Å². The van der Waals surface area contributed by atoms with Crippen molar-refractivity contribution in [3.05, 3.63) is 47.5 Å². The van der Waals surface area contributed by atoms with Crippen molar-refractivity contribution >= 4 is 29.9 Å². The first-order chi connectivity index (χ1) is 10.6. The highest BCUT2D eigenvalue weighted by Gasteiger charge is 2.10. The Labute approximate surface area is 156 Å². The second-order valence-electron chi connectivity index (χ2n) is 5.72. The minimum absolute atomic E-state index is 0. The standard InChI is InChI=1S/C17H26N4O.HI/c1-14(2)11-19-17(18)20-12-15-3-5-16(6-4-15)13-21-7-9-22-10-8-21;/h3-6H,1,7-13H2,2H3,(H3,18,19,20);1H. The fraction of sp³-hybridized carbons (Fsp3) is 0.471. The highest BCUT2D eigenvalue weighted by molar-refractivity contribution is 14.0. The summed E-state index contributed by atoms with van der Waals surface area (Å²) >= 11 is 0. The van der Waals surface area contributed by atoms with Gasteiger partial charge in [0.05, 0.1) is 19.8 Å². The van der Waals surface area contributed by atoms with Gasteiger partial charge in [-0.25, -0.2) is 4.99 Å². The van der Waals surface area contributed by atoms with Crippen molar-refractivity contribution in [1.82, 2.24) is 10.2 Å². The Bertz CT molecular complexity index is 510. The largest absolute Gasteiger partial charge is 0.379 e. The Kier molecular flexibility index (Phi) is 9.20. The summed E-state index contributed by atoms with van der Waals surface area (Å²) < 4.78 is 5.37. The zero-order valence-electron chi connectivity index (χ0n) is 13.8. The van der Waals surface area contributed by atoms with Crippen LogP contribution in [0.4, 0.5) is 0 Å². The molecule has 1 saturated heterocycles. The second-order valence-corrected chi connectivity index (χ2v) is 5.72. The average Bonchev–Trinajstić information content (AvgIpc) is 2.53. The molecule has 0 bridgehead atoms. The fourth-order valence-electron chi connectivity index (χ4n) is 2.24. The van der Waals surface area contributed by atoms with Gasteiger partial charge in [0.25, 0.3) is 0 Å². The molecule has 0 radical (unpaired) electrons. The van der Waals surface area contributed by atoms with Gasteiger partial charge in [-0.3, -0.25) is 4.90 Å². The van der Waals surface area contributed by atoms with Gasteiger partial charge in [0.1, 0.15) is 0 Å². The van der Waals surface area contributed by atoms with Crippen LogP contribution < -0.4 is 11.1 Å². The molecule has 3 N–H and O–H groups in total. The Hall–Kier alpha value is -1.12. The number of hydrogen-bond donors (Lipinski definition) is 2. The van der Waals surface area contributed by atoms with E-state index in [1.807, 2.05) is 6.92 Å². The number of nitrogens with two attached hydrogens (primary N) is 1. The van der Waals surface area contributed by atoms with Crippen LogP contribution >= 0.6 is 24.0 Å². The molecule has 128 valence electrons. The average molecular weight is 430 g/mol. The SMILES string of the molecule is C=C(C)CNC(N)=NCc1ccc(CN2CCOCC2)cc1.I. The molecule has 23 heavy (non-hydrogen) atoms. The third kappa shape index (κ3) is 7.81. The molecule has 1 heterocycles. The summed E-state index contributed by atoms with van der Waals surface area (Å²) in [5, 5.41) is 3.03. The van der Waals surface area contributed by atoms with E-state index in [9.17, 15) is 0 Å². The minimum atomic E-state index is 0. The lowest BCUT2D eigenvalue weighted by molar-refractivity contribution is 0.0342. The summed E-state index contributed by atoms with van der Waals surface area (Å²) in [5.41, 5.74) is 9.32. The van der Waals surface area contributed by atoms with E-state index in [0.717, 1.165) is 44.0 Å². The normalized spacial score (nSPS) is 15.8. The number of halogens is 1. The van der Waals surface area contributed by atoms with Crippen molar-refractivity contribution in [3.63, 3.8) is 0 Å². The van der Waals surface area contributed by atoms with E-state index in [0.29, 0.717) is 19.0 Å². The van der Waals surface area contributed by atoms with Crippen molar-refractivity contribution in [3.8, 4) is 0 Å². The number of aliphatic imine (C=N–C) groups is 1. The summed E-state index contributed by atoms with van der Waals surface area (Å²) in [6.45, 7) is 11.7. The first-order valence-electron chi connectivity index (χ1n) is 7.69. The van der Waals surface area contributed by atoms with Crippen molar-refractivity contribution in [2.24, 2.45) is 10.7 Å². The predicted molar refractivity (Wildman–Crippen MR) is 106 cm³/mol. The van der Waals surface area contributed by atoms with Gasteiger partial charge in [0.15, 0.2) is 5.96 Å². The molecule has 2 rings (SSSR count). The molecule has 0 aliphatic carbocycles. The zero-order chi connectivity index (χ0) is 15.8. The quantitative estimate of drug-likeness (QED) is 0.314. The zero-order valence-corrected chi connectivity index (χ0v) is 16.1. The molecule has 0 atom stereocenters. The lowest BCUT2D eigenvalue weighted by Gasteiger charge is -2.26. The second kappa shape index (κ2) is 10.6. The maximum absolute atomic E-state index is 5.80. The Morgan fingerprint density at radius 2 is 1.87 bits per heavy atom. The first kappa shape index (κ1) is 19.9. The van der Waals surface area contributed by atoms with E-state index in [2.05, 4.69) is 46.1 Å². The van der Waals surface area contributed by atoms with Crippen LogP contribution in [-0.4, -0.2) is 43.7 Å². The fourth-order valence-corrected chi connectivity index (χ4v) is 2.24. The third-order valence-corrected chi connectivity index (χ3v) is 3.54. The van der Waals surface area contributed by atoms with Gasteiger partial charge in [0.2, 0.25) is 0 Å². The Morgan fingerprint density at radius 1 is 1.26 bits per heavy atom. The van der Waals surface area contributed by atoms with Crippen LogP contribution in [0.25, 0.3) is 0 Å². The van der Waals surface area contributed by atoms with Crippen LogP contribution in [-0.2, 0) is 17.8 Å². The third-order valence-electron chi connectivity index (χ3n) is 3.54. The minimum Gasteiger partial charge on any atom is -0.379 e. The van der Waals surface area contributed by atoms with E-state index in [4.69, 9.17) is 10.5 Å². The number of guanidine groups is 1. The van der Waals surface area contributed by atoms with E-state index in [-0.39, 0.29) is 24.0 Å². The Balaban J connectivity index is 0.00000264. The molecule has 0 spiro atoms. The lowest BCUT2D eigenvalue weighted by Crippen LogP contribution is -2.35. The summed E-state index contributed by atoms with van der Waals surface area (Å²) in [6, 6.07) is 8.56. The van der Waals surface area contributed by atoms with Gasteiger partial charge in [0, 0.05) is 26.2 Å². The van der Waals surface area contributed by atoms with Crippen LogP contribution in [0.2, 0.25) is 0 Å². The van der Waals surface area contributed by atoms with Crippen molar-refractivity contribution in [2.75, 3.05) is 32.8 Å². The molecular formula is C17H27IN4O. The molecule has 1 aromatic rings. The summed E-state index contributed by atoms with van der Waals surface area (Å²) in [5.74, 6) is 0.459. The highest BCUT2D eigenvalue weighted by Crippen LogP contribution is 2.10. The molecule has 1 aliphatic rings. The van der Waals surface area contributed by atoms with Gasteiger partial charge < -0.3 is 15.8 Å². The number of hydrogen-bond acceptors (Lipinski definition) is 3. The summed E-state index contributed by atoms with van der Waals surface area (Å²) in [7, 11) is 0. The Morgan fingerprint density at radius 3 is 2.48 bits per heavy atom. The monoisotopic (exact) mass is 430 g/mol. The van der Waals surface area contributed by atoms with E-state index in [1.54, 1.807) is 0 Å². The molecule has 0 amide bonds. The first-order valence-corrected chi connectivity index (χ1v) is 7.69. The van der Waals surface area contributed by atoms with Crippen molar-refractivity contribution < 1.29 is 4.74 Å². The van der Waals surface area contributed by atoms with Gasteiger partial charge >= 0.3 is 0 Å². The van der Waals surface area contributed by atoms with E-state index < -0.39 is 0 Å². The number of nitrogens with zero attached hydrogens (tertiary/aromatic N) is 2. The van der Waals surface area contributed by atoms with Crippen LogP contribution in [0, 0.1) is 0 Å². The topological polar surface area (TPSA) is 62.9 Å². The summed E-state index contributed by atoms with van der Waals surface area (Å²) in [4.78, 5) is 6.74. The smallest absolute Gasteiger partial charge is 0.189 e. The van der Waals surface area contributed by atoms with Crippen LogP contribution in [0.3, 0.4) is 0 Å². The van der Waals surface area contributed by atoms with Gasteiger partial charge in [-0.1, -0.05) is 36.4 Å². The lowest BCUT2D eigenvalue weighted by atomic mass is 10.1. The van der Waals surface area contributed by atoms with Gasteiger partial charge in [-0.2, -0.15) is 0 Å². The van der Waals surface area contributed by atoms with Crippen LogP contribution in [0.1, 0.15) is 18.1 Å². The maximum Gasteiger partial charge on any atom is 0.189 e. The molecule has 1 fully saturated rings. The number of benzene rings is 1. The van der Waals surface area contributed by atoms with Crippen LogP contribution in [0.5, 0.6) is 0 Å². The van der Waals surface area contributed by atoms with E-state index in [1.165, 1.54) is 5.56 Å². The maximum atomic E-state index is 5.80. The molecule has 1 aliphatic heterocycles. The molecule has 0 aromatic heterocycles. The summed E-state index contributed by atoms with van der Waals surface area (Å²) in [6.07, 6.45) is 0. The molecule has 6 heteroatoms. The predicted octanol–water partition coefficient (Wildman–Crippen LogP) is 2.12. The van der Waals surface area contributed by atoms with E-state index >= 15 is 0 Å². The van der Waals surface area contributed by atoms with Gasteiger partial charge in [-0.05, 0) is 18.1 Å². The number of nitrogens with one attached hydrogen (secondary N) is 1. The molecule has 0 unspecified atom stereocenters. The van der Waals surface area contributed by atoms with Crippen molar-refractivity contribution in [1.29, 1.82) is 0 Å². The number of ether oxygens (including phenoxy) is 1. The molecule has 5 nitrogen and oxygen atoms in total. The van der Waals surface area contributed by atoms with Crippen LogP contribution in [0.15, 0.2) is 41.4 Å². The molecule has 0 saturated carbocycles. The highest BCUT2D eigenvalue weighted by atomic mass is 127. The van der Waals surface area contributed by atoms with Gasteiger partial charge in [-0.15, -0.1) is 24.0 Å². The molecular weight excluding hydrogens is 403 g/mol. The molecule has 1 aromatic carbocycles.